The predicted molar refractivity (Wildman–Crippen MR) is 97.8 cm³/mol. The van der Waals surface area contributed by atoms with Crippen molar-refractivity contribution in [2.24, 2.45) is 0 Å². The fourth-order valence-electron chi connectivity index (χ4n) is 2.96. The number of nitrogens with zero attached hydrogens (tertiary/aromatic N) is 3. The van der Waals surface area contributed by atoms with Gasteiger partial charge in [-0.05, 0) is 50.1 Å². The maximum atomic E-state index is 5.82. The SMILES string of the molecule is C[C@@H](Nc1ccc2oc(C3CC3)nc2c1)c1nnc(-c2ccccc2)o1. The summed E-state index contributed by atoms with van der Waals surface area (Å²) in [5.41, 5.74) is 3.56. The highest BCUT2D eigenvalue weighted by Gasteiger charge is 2.29. The van der Waals surface area contributed by atoms with Crippen molar-refractivity contribution in [1.82, 2.24) is 15.2 Å². The third kappa shape index (κ3) is 2.83. The van der Waals surface area contributed by atoms with Gasteiger partial charge in [-0.1, -0.05) is 18.2 Å². The zero-order valence-electron chi connectivity index (χ0n) is 14.3. The van der Waals surface area contributed by atoms with Gasteiger partial charge in [0.05, 0.1) is 0 Å². The number of nitrogens with one attached hydrogen (secondary N) is 1. The Morgan fingerprint density at radius 3 is 2.69 bits per heavy atom. The van der Waals surface area contributed by atoms with Gasteiger partial charge in [-0.15, -0.1) is 10.2 Å². The third-order valence-corrected chi connectivity index (χ3v) is 4.55. The average molecular weight is 346 g/mol. The van der Waals surface area contributed by atoms with Crippen molar-refractivity contribution in [3.63, 3.8) is 0 Å². The second-order valence-corrected chi connectivity index (χ2v) is 6.69. The van der Waals surface area contributed by atoms with Crippen molar-refractivity contribution in [1.29, 1.82) is 0 Å². The normalized spacial score (nSPS) is 15.3. The smallest absolute Gasteiger partial charge is 0.247 e. The van der Waals surface area contributed by atoms with Crippen LogP contribution in [-0.2, 0) is 0 Å². The van der Waals surface area contributed by atoms with E-state index in [1.165, 1.54) is 12.8 Å². The fourth-order valence-corrected chi connectivity index (χ4v) is 2.96. The van der Waals surface area contributed by atoms with Crippen molar-refractivity contribution < 1.29 is 8.83 Å². The minimum atomic E-state index is -0.118. The van der Waals surface area contributed by atoms with Gasteiger partial charge in [0.15, 0.2) is 11.5 Å². The molecule has 1 saturated carbocycles. The molecule has 130 valence electrons. The van der Waals surface area contributed by atoms with Gasteiger partial charge in [0.1, 0.15) is 11.6 Å². The second kappa shape index (κ2) is 5.98. The molecular weight excluding hydrogens is 328 g/mol. The Balaban J connectivity index is 1.35. The quantitative estimate of drug-likeness (QED) is 0.552. The monoisotopic (exact) mass is 346 g/mol. The van der Waals surface area contributed by atoms with Crippen molar-refractivity contribution in [2.75, 3.05) is 5.32 Å². The summed E-state index contributed by atoms with van der Waals surface area (Å²) in [5, 5.41) is 11.7. The number of aromatic nitrogens is 3. The highest BCUT2D eigenvalue weighted by Crippen LogP contribution is 2.40. The lowest BCUT2D eigenvalue weighted by atomic mass is 10.2. The molecule has 0 saturated heterocycles. The molecule has 2 aromatic carbocycles. The Hall–Kier alpha value is -3.15. The summed E-state index contributed by atoms with van der Waals surface area (Å²) in [6.45, 7) is 1.99. The first kappa shape index (κ1) is 15.1. The van der Waals surface area contributed by atoms with Crippen molar-refractivity contribution >= 4 is 16.8 Å². The number of hydrogen-bond acceptors (Lipinski definition) is 6. The highest BCUT2D eigenvalue weighted by atomic mass is 16.4. The first-order valence-electron chi connectivity index (χ1n) is 8.82. The van der Waals surface area contributed by atoms with Crippen LogP contribution in [0.2, 0.25) is 0 Å². The van der Waals surface area contributed by atoms with Crippen LogP contribution in [0.25, 0.3) is 22.6 Å². The van der Waals surface area contributed by atoms with Gasteiger partial charge in [0.25, 0.3) is 0 Å². The molecule has 0 radical (unpaired) electrons. The van der Waals surface area contributed by atoms with E-state index in [2.05, 4.69) is 20.5 Å². The number of fused-ring (bicyclic) bond motifs is 1. The molecule has 0 unspecified atom stereocenters. The predicted octanol–water partition coefficient (Wildman–Crippen LogP) is 4.93. The van der Waals surface area contributed by atoms with Gasteiger partial charge >= 0.3 is 0 Å². The van der Waals surface area contributed by atoms with E-state index in [1.807, 2.05) is 55.5 Å². The number of hydrogen-bond donors (Lipinski definition) is 1. The molecule has 1 atom stereocenters. The van der Waals surface area contributed by atoms with Crippen LogP contribution in [0.15, 0.2) is 57.4 Å². The lowest BCUT2D eigenvalue weighted by molar-refractivity contribution is 0.485. The number of rotatable bonds is 5. The van der Waals surface area contributed by atoms with Gasteiger partial charge in [-0.2, -0.15) is 0 Å². The average Bonchev–Trinajstić information content (AvgIpc) is 3.24. The molecule has 4 aromatic rings. The first-order valence-corrected chi connectivity index (χ1v) is 8.82. The number of anilines is 1. The molecule has 2 heterocycles. The maximum Gasteiger partial charge on any atom is 0.247 e. The van der Waals surface area contributed by atoms with Gasteiger partial charge in [-0.25, -0.2) is 4.98 Å². The van der Waals surface area contributed by atoms with Crippen molar-refractivity contribution in [2.45, 2.75) is 31.7 Å². The largest absolute Gasteiger partial charge is 0.440 e. The van der Waals surface area contributed by atoms with Crippen LogP contribution >= 0.6 is 0 Å². The van der Waals surface area contributed by atoms with Crippen LogP contribution in [0.3, 0.4) is 0 Å². The van der Waals surface area contributed by atoms with Crippen LogP contribution in [0.4, 0.5) is 5.69 Å². The van der Waals surface area contributed by atoms with E-state index in [0.717, 1.165) is 28.2 Å². The third-order valence-electron chi connectivity index (χ3n) is 4.55. The Morgan fingerprint density at radius 2 is 1.88 bits per heavy atom. The summed E-state index contributed by atoms with van der Waals surface area (Å²) in [7, 11) is 0. The van der Waals surface area contributed by atoms with E-state index < -0.39 is 0 Å². The summed E-state index contributed by atoms with van der Waals surface area (Å²) in [6, 6.07) is 15.6. The highest BCUT2D eigenvalue weighted by molar-refractivity contribution is 5.77. The lowest BCUT2D eigenvalue weighted by Crippen LogP contribution is -2.06. The summed E-state index contributed by atoms with van der Waals surface area (Å²) in [4.78, 5) is 4.60. The van der Waals surface area contributed by atoms with Crippen LogP contribution in [0.5, 0.6) is 0 Å². The molecule has 6 nitrogen and oxygen atoms in total. The Labute approximate surface area is 150 Å². The lowest BCUT2D eigenvalue weighted by Gasteiger charge is -2.10. The molecule has 0 aliphatic heterocycles. The Morgan fingerprint density at radius 1 is 1.04 bits per heavy atom. The zero-order valence-corrected chi connectivity index (χ0v) is 14.3. The number of benzene rings is 2. The standard InChI is InChI=1S/C20H18N4O2/c1-12(18-23-24-20(26-18)13-5-3-2-4-6-13)21-15-9-10-17-16(11-15)22-19(25-17)14-7-8-14/h2-6,9-12,14,21H,7-8H2,1H3/t12-/m1/s1. The van der Waals surface area contributed by atoms with Gasteiger partial charge in [0.2, 0.25) is 11.8 Å². The zero-order chi connectivity index (χ0) is 17.5. The van der Waals surface area contributed by atoms with Crippen molar-refractivity contribution in [3.8, 4) is 11.5 Å². The molecule has 6 heteroatoms. The summed E-state index contributed by atoms with van der Waals surface area (Å²) in [5.74, 6) is 2.43. The molecule has 1 fully saturated rings. The topological polar surface area (TPSA) is 77.0 Å². The van der Waals surface area contributed by atoms with Gasteiger partial charge < -0.3 is 14.2 Å². The number of oxazole rings is 1. The van der Waals surface area contributed by atoms with Gasteiger partial charge in [-0.3, -0.25) is 0 Å². The second-order valence-electron chi connectivity index (χ2n) is 6.69. The molecule has 5 rings (SSSR count). The molecule has 0 amide bonds. The molecule has 26 heavy (non-hydrogen) atoms. The van der Waals surface area contributed by atoms with E-state index in [1.54, 1.807) is 0 Å². The summed E-state index contributed by atoms with van der Waals surface area (Å²) >= 11 is 0. The van der Waals surface area contributed by atoms with Crippen LogP contribution < -0.4 is 5.32 Å². The van der Waals surface area contributed by atoms with Crippen LogP contribution in [0, 0.1) is 0 Å². The van der Waals surface area contributed by atoms with Crippen LogP contribution in [0.1, 0.15) is 43.5 Å². The molecule has 1 aliphatic rings. The summed E-state index contributed by atoms with van der Waals surface area (Å²) in [6.07, 6.45) is 2.35. The van der Waals surface area contributed by atoms with Crippen LogP contribution in [-0.4, -0.2) is 15.2 Å². The fraction of sp³-hybridized carbons (Fsp3) is 0.250. The van der Waals surface area contributed by atoms with E-state index in [9.17, 15) is 0 Å². The first-order chi connectivity index (χ1) is 12.8. The van der Waals surface area contributed by atoms with Crippen molar-refractivity contribution in [3.05, 3.63) is 60.3 Å². The molecule has 0 spiro atoms. The van der Waals surface area contributed by atoms with Gasteiger partial charge in [0, 0.05) is 17.2 Å². The Bertz CT molecular complexity index is 1050. The minimum Gasteiger partial charge on any atom is -0.440 e. The molecule has 2 aromatic heterocycles. The molecule has 1 N–H and O–H groups in total. The van der Waals surface area contributed by atoms with E-state index in [-0.39, 0.29) is 6.04 Å². The maximum absolute atomic E-state index is 5.82. The van der Waals surface area contributed by atoms with E-state index in [4.69, 9.17) is 8.83 Å². The Kier molecular flexibility index (Phi) is 3.48. The minimum absolute atomic E-state index is 0.118. The summed E-state index contributed by atoms with van der Waals surface area (Å²) < 4.78 is 11.6. The molecular formula is C20H18N4O2. The van der Waals surface area contributed by atoms with E-state index in [0.29, 0.717) is 17.7 Å². The van der Waals surface area contributed by atoms with E-state index >= 15 is 0 Å². The molecule has 1 aliphatic carbocycles. The molecule has 0 bridgehead atoms.